The largest absolute Gasteiger partial charge is 0.481 e. The number of aryl methyl sites for hydroxylation is 4. The van der Waals surface area contributed by atoms with Crippen LogP contribution in [0.1, 0.15) is 39.4 Å². The Balaban J connectivity index is 1.64. The minimum Gasteiger partial charge on any atom is -0.481 e. The van der Waals surface area contributed by atoms with Gasteiger partial charge < -0.3 is 25.1 Å². The summed E-state index contributed by atoms with van der Waals surface area (Å²) in [5.74, 6) is -3.32. The van der Waals surface area contributed by atoms with Gasteiger partial charge >= 0.3 is 5.97 Å². The minimum atomic E-state index is -1.44. The number of carbonyl (C=O) groups is 4. The summed E-state index contributed by atoms with van der Waals surface area (Å²) in [6.45, 7) is 7.51. The number of benzene rings is 2. The number of oxazole rings is 1. The van der Waals surface area contributed by atoms with E-state index < -0.39 is 42.7 Å². The fourth-order valence-corrected chi connectivity index (χ4v) is 5.10. The molecule has 206 valence electrons. The molecule has 0 unspecified atom stereocenters. The molecule has 0 aliphatic carbocycles. The van der Waals surface area contributed by atoms with Gasteiger partial charge in [-0.3, -0.25) is 24.1 Å². The molecule has 11 nitrogen and oxygen atoms in total. The van der Waals surface area contributed by atoms with Crippen molar-refractivity contribution in [2.45, 2.75) is 46.2 Å². The van der Waals surface area contributed by atoms with Crippen molar-refractivity contribution in [3.63, 3.8) is 0 Å². The SMILES string of the molecule is CN[C@H]1CN(C)c2cc(C)cc(C)c2N(CC(=O)N[C@@H](CC(=O)O)C(=O)c2nc3cc(C)cc(C)c3o2)C1=O. The number of carbonyl (C=O) groups excluding carboxylic acids is 3. The molecule has 3 N–H and O–H groups in total. The van der Waals surface area contributed by atoms with E-state index >= 15 is 0 Å². The van der Waals surface area contributed by atoms with Gasteiger partial charge in [0.15, 0.2) is 5.58 Å². The molecule has 2 amide bonds. The molecule has 11 heteroatoms. The van der Waals surface area contributed by atoms with Crippen molar-refractivity contribution in [3.8, 4) is 0 Å². The summed E-state index contributed by atoms with van der Waals surface area (Å²) in [5.41, 5.74) is 5.80. The molecular formula is C28H33N5O6. The van der Waals surface area contributed by atoms with E-state index in [1.54, 1.807) is 13.1 Å². The summed E-state index contributed by atoms with van der Waals surface area (Å²) in [5, 5.41) is 15.0. The van der Waals surface area contributed by atoms with Crippen LogP contribution in [0.5, 0.6) is 0 Å². The van der Waals surface area contributed by atoms with E-state index in [-0.39, 0.29) is 11.8 Å². The van der Waals surface area contributed by atoms with E-state index in [9.17, 15) is 24.3 Å². The van der Waals surface area contributed by atoms with E-state index in [0.717, 1.165) is 27.9 Å². The fraction of sp³-hybridized carbons (Fsp3) is 0.393. The van der Waals surface area contributed by atoms with Gasteiger partial charge in [0.05, 0.1) is 17.8 Å². The predicted octanol–water partition coefficient (Wildman–Crippen LogP) is 2.27. The van der Waals surface area contributed by atoms with Gasteiger partial charge in [0.1, 0.15) is 24.1 Å². The number of carboxylic acid groups (broad SMARTS) is 1. The molecule has 4 rings (SSSR count). The fourth-order valence-electron chi connectivity index (χ4n) is 5.10. The zero-order chi connectivity index (χ0) is 28.6. The van der Waals surface area contributed by atoms with Crippen LogP contribution in [0.25, 0.3) is 11.1 Å². The second-order valence-electron chi connectivity index (χ2n) is 10.1. The van der Waals surface area contributed by atoms with Crippen molar-refractivity contribution in [2.24, 2.45) is 0 Å². The number of fused-ring (bicyclic) bond motifs is 2. The topological polar surface area (TPSA) is 145 Å². The third kappa shape index (κ3) is 5.63. The number of hydrogen-bond acceptors (Lipinski definition) is 8. The quantitative estimate of drug-likeness (QED) is 0.370. The molecule has 0 radical (unpaired) electrons. The summed E-state index contributed by atoms with van der Waals surface area (Å²) >= 11 is 0. The van der Waals surface area contributed by atoms with Crippen LogP contribution in [-0.4, -0.2) is 72.9 Å². The molecule has 39 heavy (non-hydrogen) atoms. The number of likely N-dealkylation sites (N-methyl/N-ethyl adjacent to an activating group) is 2. The van der Waals surface area contributed by atoms with Gasteiger partial charge in [-0.15, -0.1) is 0 Å². The number of aromatic nitrogens is 1. The van der Waals surface area contributed by atoms with Crippen molar-refractivity contribution in [1.29, 1.82) is 0 Å². The zero-order valence-electron chi connectivity index (χ0n) is 22.9. The molecule has 1 aromatic heterocycles. The highest BCUT2D eigenvalue weighted by Crippen LogP contribution is 2.36. The van der Waals surface area contributed by atoms with E-state index in [1.807, 2.05) is 57.8 Å². The van der Waals surface area contributed by atoms with Gasteiger partial charge in [0.2, 0.25) is 17.6 Å². The summed E-state index contributed by atoms with van der Waals surface area (Å²) < 4.78 is 5.67. The van der Waals surface area contributed by atoms with E-state index in [2.05, 4.69) is 15.6 Å². The number of hydrogen-bond donors (Lipinski definition) is 3. The Bertz CT molecular complexity index is 1480. The van der Waals surface area contributed by atoms with Gasteiger partial charge in [0.25, 0.3) is 5.89 Å². The van der Waals surface area contributed by atoms with Crippen LogP contribution in [0.15, 0.2) is 28.7 Å². The highest BCUT2D eigenvalue weighted by molar-refractivity contribution is 6.07. The molecule has 0 saturated carbocycles. The Morgan fingerprint density at radius 2 is 1.77 bits per heavy atom. The lowest BCUT2D eigenvalue weighted by atomic mass is 10.1. The maximum atomic E-state index is 13.5. The van der Waals surface area contributed by atoms with Crippen LogP contribution >= 0.6 is 0 Å². The number of ketones is 1. The third-order valence-corrected chi connectivity index (χ3v) is 6.84. The average Bonchev–Trinajstić information content (AvgIpc) is 3.24. The Hall–Kier alpha value is -4.25. The molecule has 0 bridgehead atoms. The number of anilines is 2. The number of Topliss-reactive ketones (excluding diaryl/α,β-unsaturated/α-hetero) is 1. The molecule has 2 heterocycles. The lowest BCUT2D eigenvalue weighted by Gasteiger charge is -2.27. The Kier molecular flexibility index (Phi) is 7.73. The number of aliphatic carboxylic acids is 1. The minimum absolute atomic E-state index is 0.287. The molecule has 2 aromatic carbocycles. The molecule has 2 atom stereocenters. The first-order valence-electron chi connectivity index (χ1n) is 12.6. The second kappa shape index (κ2) is 10.9. The van der Waals surface area contributed by atoms with Crippen molar-refractivity contribution in [3.05, 3.63) is 52.4 Å². The van der Waals surface area contributed by atoms with Crippen molar-refractivity contribution < 1.29 is 28.7 Å². The maximum Gasteiger partial charge on any atom is 0.305 e. The van der Waals surface area contributed by atoms with E-state index in [0.29, 0.717) is 23.3 Å². The molecule has 0 spiro atoms. The maximum absolute atomic E-state index is 13.5. The highest BCUT2D eigenvalue weighted by atomic mass is 16.4. The third-order valence-electron chi connectivity index (χ3n) is 6.84. The van der Waals surface area contributed by atoms with E-state index in [4.69, 9.17) is 4.42 Å². The van der Waals surface area contributed by atoms with Crippen LogP contribution in [0, 0.1) is 27.7 Å². The molecule has 0 fully saturated rings. The average molecular weight is 536 g/mol. The van der Waals surface area contributed by atoms with Gasteiger partial charge in [-0.25, -0.2) is 4.98 Å². The number of rotatable bonds is 8. The lowest BCUT2D eigenvalue weighted by Crippen LogP contribution is -2.52. The molecular weight excluding hydrogens is 502 g/mol. The highest BCUT2D eigenvalue weighted by Gasteiger charge is 2.35. The second-order valence-corrected chi connectivity index (χ2v) is 10.1. The number of carboxylic acids is 1. The van der Waals surface area contributed by atoms with Crippen LogP contribution in [-0.2, 0) is 14.4 Å². The monoisotopic (exact) mass is 535 g/mol. The van der Waals surface area contributed by atoms with Gasteiger partial charge in [-0.2, -0.15) is 0 Å². The van der Waals surface area contributed by atoms with Crippen LogP contribution in [0.4, 0.5) is 11.4 Å². The molecule has 0 saturated heterocycles. The van der Waals surface area contributed by atoms with Gasteiger partial charge in [0, 0.05) is 13.6 Å². The van der Waals surface area contributed by atoms with Crippen molar-refractivity contribution >= 4 is 46.0 Å². The smallest absolute Gasteiger partial charge is 0.305 e. The molecule has 1 aliphatic heterocycles. The van der Waals surface area contributed by atoms with Crippen molar-refractivity contribution in [1.82, 2.24) is 15.6 Å². The van der Waals surface area contributed by atoms with Gasteiger partial charge in [-0.05, 0) is 69.1 Å². The number of nitrogens with one attached hydrogen (secondary N) is 2. The summed E-state index contributed by atoms with van der Waals surface area (Å²) in [6, 6.07) is 5.50. The predicted molar refractivity (Wildman–Crippen MR) is 146 cm³/mol. The first-order chi connectivity index (χ1) is 18.4. The summed E-state index contributed by atoms with van der Waals surface area (Å²) in [6.07, 6.45) is -0.675. The molecule has 3 aromatic rings. The normalized spacial score (nSPS) is 16.2. The first-order valence-corrected chi connectivity index (χ1v) is 12.6. The number of amides is 2. The van der Waals surface area contributed by atoms with Crippen LogP contribution in [0.3, 0.4) is 0 Å². The lowest BCUT2D eigenvalue weighted by molar-refractivity contribution is -0.137. The molecule has 1 aliphatic rings. The zero-order valence-corrected chi connectivity index (χ0v) is 22.9. The standard InChI is InChI=1S/C28H33N5O6/c1-14-8-17(4)26-19(9-14)31-27(39-26)25(37)18(11-23(35)36)30-22(34)13-33-24-16(3)7-15(2)10-21(24)32(6)12-20(29-5)28(33)38/h7-10,18,20,29H,11-13H2,1-6H3,(H,30,34)(H,35,36)/t18-,20-/m0/s1. The summed E-state index contributed by atoms with van der Waals surface area (Å²) in [4.78, 5) is 59.3. The summed E-state index contributed by atoms with van der Waals surface area (Å²) in [7, 11) is 3.55. The van der Waals surface area contributed by atoms with E-state index in [1.165, 1.54) is 4.90 Å². The van der Waals surface area contributed by atoms with Gasteiger partial charge in [-0.1, -0.05) is 12.1 Å². The van der Waals surface area contributed by atoms with Crippen LogP contribution < -0.4 is 20.4 Å². The Labute approximate surface area is 226 Å². The Morgan fingerprint density at radius 3 is 2.44 bits per heavy atom. The van der Waals surface area contributed by atoms with Crippen LogP contribution in [0.2, 0.25) is 0 Å². The van der Waals surface area contributed by atoms with Crippen molar-refractivity contribution in [2.75, 3.05) is 37.0 Å². The first kappa shape index (κ1) is 27.8. The number of nitrogens with zero attached hydrogens (tertiary/aromatic N) is 3. The Morgan fingerprint density at radius 1 is 1.10 bits per heavy atom.